The third-order valence-electron chi connectivity index (χ3n) is 1.58. The van der Waals surface area contributed by atoms with Crippen LogP contribution in [0.25, 0.3) is 0 Å². The van der Waals surface area contributed by atoms with Gasteiger partial charge in [-0.25, -0.2) is 0 Å². The SMILES string of the molecule is CN(Cc1ccncc1)C(S)S. The lowest BCUT2D eigenvalue weighted by atomic mass is 10.3. The van der Waals surface area contributed by atoms with Crippen molar-refractivity contribution in [3.63, 3.8) is 0 Å². The number of hydrogen-bond acceptors (Lipinski definition) is 4. The van der Waals surface area contributed by atoms with E-state index < -0.39 is 0 Å². The molecule has 1 aromatic rings. The molecule has 0 aliphatic rings. The molecule has 0 aromatic carbocycles. The Morgan fingerprint density at radius 2 is 2.00 bits per heavy atom. The van der Waals surface area contributed by atoms with Gasteiger partial charge >= 0.3 is 0 Å². The molecule has 0 amide bonds. The summed E-state index contributed by atoms with van der Waals surface area (Å²) in [7, 11) is 1.98. The van der Waals surface area contributed by atoms with Crippen LogP contribution in [-0.4, -0.2) is 21.6 Å². The van der Waals surface area contributed by atoms with Crippen LogP contribution in [0.4, 0.5) is 0 Å². The molecular formula is C8H12N2S2. The second-order valence-electron chi connectivity index (χ2n) is 2.62. The summed E-state index contributed by atoms with van der Waals surface area (Å²) in [6.45, 7) is 0.847. The highest BCUT2D eigenvalue weighted by molar-refractivity contribution is 7.99. The third-order valence-corrected chi connectivity index (χ3v) is 2.36. The Balaban J connectivity index is 2.53. The van der Waals surface area contributed by atoms with Gasteiger partial charge in [0.05, 0.1) is 4.71 Å². The summed E-state index contributed by atoms with van der Waals surface area (Å²) in [6, 6.07) is 3.97. The minimum absolute atomic E-state index is 0.0156. The highest BCUT2D eigenvalue weighted by Gasteiger charge is 2.04. The van der Waals surface area contributed by atoms with Crippen molar-refractivity contribution in [1.29, 1.82) is 0 Å². The highest BCUT2D eigenvalue weighted by atomic mass is 32.2. The molecule has 0 atom stereocenters. The molecule has 0 aliphatic heterocycles. The molecule has 0 unspecified atom stereocenters. The zero-order valence-corrected chi connectivity index (χ0v) is 8.67. The summed E-state index contributed by atoms with van der Waals surface area (Å²) in [5, 5.41) is 0. The van der Waals surface area contributed by atoms with Crippen molar-refractivity contribution < 1.29 is 0 Å². The molecular weight excluding hydrogens is 188 g/mol. The molecule has 0 radical (unpaired) electrons. The number of nitrogens with zero attached hydrogens (tertiary/aromatic N) is 2. The average molecular weight is 200 g/mol. The van der Waals surface area contributed by atoms with Crippen molar-refractivity contribution in [3.05, 3.63) is 30.1 Å². The lowest BCUT2D eigenvalue weighted by Gasteiger charge is -2.18. The predicted octanol–water partition coefficient (Wildman–Crippen LogP) is 1.66. The first kappa shape index (κ1) is 9.89. The monoisotopic (exact) mass is 200 g/mol. The first-order valence-corrected chi connectivity index (χ1v) is 4.68. The van der Waals surface area contributed by atoms with Crippen molar-refractivity contribution in [2.75, 3.05) is 7.05 Å². The molecule has 0 spiro atoms. The fourth-order valence-corrected chi connectivity index (χ4v) is 1.02. The van der Waals surface area contributed by atoms with Crippen LogP contribution in [-0.2, 0) is 6.54 Å². The number of rotatable bonds is 3. The quantitative estimate of drug-likeness (QED) is 0.570. The van der Waals surface area contributed by atoms with Crippen molar-refractivity contribution in [2.24, 2.45) is 0 Å². The van der Waals surface area contributed by atoms with Gasteiger partial charge in [-0.2, -0.15) is 0 Å². The maximum atomic E-state index is 4.20. The van der Waals surface area contributed by atoms with Gasteiger partial charge in [-0.1, -0.05) is 0 Å². The Bertz CT molecular complexity index is 226. The summed E-state index contributed by atoms with van der Waals surface area (Å²) < 4.78 is -0.0156. The van der Waals surface area contributed by atoms with Gasteiger partial charge in [-0.05, 0) is 24.7 Å². The van der Waals surface area contributed by atoms with E-state index in [1.54, 1.807) is 12.4 Å². The molecule has 0 fully saturated rings. The van der Waals surface area contributed by atoms with E-state index in [0.29, 0.717) is 0 Å². The number of hydrogen-bond donors (Lipinski definition) is 2. The topological polar surface area (TPSA) is 16.1 Å². The fraction of sp³-hybridized carbons (Fsp3) is 0.375. The summed E-state index contributed by atoms with van der Waals surface area (Å²) in [4.78, 5) is 5.97. The lowest BCUT2D eigenvalue weighted by molar-refractivity contribution is 0.368. The van der Waals surface area contributed by atoms with Crippen molar-refractivity contribution in [3.8, 4) is 0 Å². The molecule has 0 bridgehead atoms. The van der Waals surface area contributed by atoms with E-state index in [1.165, 1.54) is 5.56 Å². The summed E-state index contributed by atoms with van der Waals surface area (Å²) >= 11 is 8.40. The van der Waals surface area contributed by atoms with Crippen molar-refractivity contribution in [2.45, 2.75) is 11.3 Å². The van der Waals surface area contributed by atoms with Crippen LogP contribution in [0.3, 0.4) is 0 Å². The fourth-order valence-electron chi connectivity index (χ4n) is 0.858. The Hall–Kier alpha value is -0.190. The largest absolute Gasteiger partial charge is 0.282 e. The maximum absolute atomic E-state index is 4.20. The number of aromatic nitrogens is 1. The first-order valence-electron chi connectivity index (χ1n) is 3.65. The Morgan fingerprint density at radius 3 is 2.50 bits per heavy atom. The van der Waals surface area contributed by atoms with Gasteiger partial charge in [0.2, 0.25) is 0 Å². The van der Waals surface area contributed by atoms with Crippen LogP contribution in [0.2, 0.25) is 0 Å². The molecule has 0 N–H and O–H groups in total. The van der Waals surface area contributed by atoms with Crippen LogP contribution >= 0.6 is 25.3 Å². The molecule has 1 heterocycles. The van der Waals surface area contributed by atoms with E-state index in [4.69, 9.17) is 0 Å². The molecule has 1 aromatic heterocycles. The van der Waals surface area contributed by atoms with Crippen LogP contribution in [0.5, 0.6) is 0 Å². The van der Waals surface area contributed by atoms with Gasteiger partial charge in [-0.15, -0.1) is 25.3 Å². The molecule has 0 saturated heterocycles. The van der Waals surface area contributed by atoms with Crippen LogP contribution in [0.1, 0.15) is 5.56 Å². The first-order chi connectivity index (χ1) is 5.70. The molecule has 66 valence electrons. The molecule has 4 heteroatoms. The zero-order chi connectivity index (χ0) is 8.97. The van der Waals surface area contributed by atoms with E-state index in [9.17, 15) is 0 Å². The Kier molecular flexibility index (Phi) is 3.91. The van der Waals surface area contributed by atoms with Gasteiger partial charge in [-0.3, -0.25) is 9.88 Å². The second kappa shape index (κ2) is 4.74. The van der Waals surface area contributed by atoms with E-state index in [2.05, 4.69) is 30.2 Å². The number of pyridine rings is 1. The minimum Gasteiger partial charge on any atom is -0.282 e. The normalized spacial score (nSPS) is 11.1. The van der Waals surface area contributed by atoms with Gasteiger partial charge in [0.1, 0.15) is 0 Å². The standard InChI is InChI=1S/C8H12N2S2/c1-10(8(11)12)6-7-2-4-9-5-3-7/h2-5,8,11-12H,6H2,1H3. The van der Waals surface area contributed by atoms with E-state index >= 15 is 0 Å². The van der Waals surface area contributed by atoms with E-state index in [0.717, 1.165) is 6.54 Å². The second-order valence-corrected chi connectivity index (χ2v) is 4.00. The zero-order valence-electron chi connectivity index (χ0n) is 6.88. The molecule has 12 heavy (non-hydrogen) atoms. The van der Waals surface area contributed by atoms with Gasteiger partial charge in [0, 0.05) is 18.9 Å². The Labute approximate surface area is 83.8 Å². The van der Waals surface area contributed by atoms with Crippen molar-refractivity contribution in [1.82, 2.24) is 9.88 Å². The van der Waals surface area contributed by atoms with Crippen LogP contribution in [0, 0.1) is 0 Å². The van der Waals surface area contributed by atoms with E-state index in [1.807, 2.05) is 24.1 Å². The predicted molar refractivity (Wildman–Crippen MR) is 57.5 cm³/mol. The van der Waals surface area contributed by atoms with Gasteiger partial charge in [0.15, 0.2) is 0 Å². The van der Waals surface area contributed by atoms with Gasteiger partial charge < -0.3 is 0 Å². The smallest absolute Gasteiger partial charge is 0.0970 e. The molecule has 0 saturated carbocycles. The van der Waals surface area contributed by atoms with E-state index in [-0.39, 0.29) is 4.71 Å². The van der Waals surface area contributed by atoms with Crippen LogP contribution in [0.15, 0.2) is 24.5 Å². The molecule has 0 aliphatic carbocycles. The Morgan fingerprint density at radius 1 is 1.42 bits per heavy atom. The van der Waals surface area contributed by atoms with Crippen molar-refractivity contribution >= 4 is 25.3 Å². The summed E-state index contributed by atoms with van der Waals surface area (Å²) in [5.74, 6) is 0. The molecule has 1 rings (SSSR count). The average Bonchev–Trinajstić information content (AvgIpc) is 2.06. The van der Waals surface area contributed by atoms with Crippen LogP contribution < -0.4 is 0 Å². The third kappa shape index (κ3) is 3.05. The summed E-state index contributed by atoms with van der Waals surface area (Å²) in [6.07, 6.45) is 3.57. The lowest BCUT2D eigenvalue weighted by Crippen LogP contribution is -2.21. The maximum Gasteiger partial charge on any atom is 0.0970 e. The highest BCUT2D eigenvalue weighted by Crippen LogP contribution is 2.09. The summed E-state index contributed by atoms with van der Waals surface area (Å²) in [5.41, 5.74) is 1.22. The minimum atomic E-state index is -0.0156. The molecule has 2 nitrogen and oxygen atoms in total. The van der Waals surface area contributed by atoms with Gasteiger partial charge in [0.25, 0.3) is 0 Å². The number of thiol groups is 2.